The summed E-state index contributed by atoms with van der Waals surface area (Å²) in [6.45, 7) is 0.732. The standard InChI is InChI=1S/C14H13N3O2S/c15-3-1-2-10-4-13(20-9-10)8-17-14(19)11-5-12(18)7-16-6-11/h4-7,9,18H,3,8,15H2,(H,17,19). The molecule has 1 amide bonds. The Hall–Kier alpha value is -2.36. The van der Waals surface area contributed by atoms with Crippen LogP contribution in [0.1, 0.15) is 20.8 Å². The van der Waals surface area contributed by atoms with Gasteiger partial charge in [-0.2, -0.15) is 0 Å². The van der Waals surface area contributed by atoms with Gasteiger partial charge in [0.1, 0.15) is 5.75 Å². The molecule has 0 radical (unpaired) electrons. The Bertz CT molecular complexity index is 670. The van der Waals surface area contributed by atoms with Crippen LogP contribution in [0.3, 0.4) is 0 Å². The van der Waals surface area contributed by atoms with Crippen molar-refractivity contribution in [2.45, 2.75) is 6.54 Å². The highest BCUT2D eigenvalue weighted by Crippen LogP contribution is 2.14. The summed E-state index contributed by atoms with van der Waals surface area (Å²) < 4.78 is 0. The number of amides is 1. The van der Waals surface area contributed by atoms with Gasteiger partial charge in [-0.1, -0.05) is 11.8 Å². The van der Waals surface area contributed by atoms with Crippen LogP contribution in [0.5, 0.6) is 5.75 Å². The van der Waals surface area contributed by atoms with Crippen molar-refractivity contribution in [2.75, 3.05) is 6.54 Å². The Balaban J connectivity index is 1.95. The number of nitrogens with one attached hydrogen (secondary N) is 1. The van der Waals surface area contributed by atoms with Gasteiger partial charge >= 0.3 is 0 Å². The first-order valence-corrected chi connectivity index (χ1v) is 6.75. The predicted octanol–water partition coefficient (Wildman–Crippen LogP) is 1.09. The minimum absolute atomic E-state index is 0.0341. The molecule has 2 aromatic rings. The second-order valence-electron chi connectivity index (χ2n) is 3.92. The molecule has 0 aliphatic heterocycles. The largest absolute Gasteiger partial charge is 0.506 e. The fraction of sp³-hybridized carbons (Fsp3) is 0.143. The fourth-order valence-corrected chi connectivity index (χ4v) is 2.27. The first-order chi connectivity index (χ1) is 9.69. The third-order valence-corrected chi connectivity index (χ3v) is 3.33. The monoisotopic (exact) mass is 287 g/mol. The minimum Gasteiger partial charge on any atom is -0.506 e. The van der Waals surface area contributed by atoms with E-state index in [0.717, 1.165) is 10.4 Å². The van der Waals surface area contributed by atoms with Crippen LogP contribution >= 0.6 is 11.3 Å². The molecule has 102 valence electrons. The number of pyridine rings is 1. The summed E-state index contributed by atoms with van der Waals surface area (Å²) in [5.74, 6) is 5.39. The van der Waals surface area contributed by atoms with E-state index in [1.54, 1.807) is 0 Å². The van der Waals surface area contributed by atoms with Crippen LogP contribution in [-0.4, -0.2) is 22.5 Å². The van der Waals surface area contributed by atoms with Crippen LogP contribution < -0.4 is 11.1 Å². The fourth-order valence-electron chi connectivity index (χ4n) is 1.51. The Morgan fingerprint density at radius 2 is 2.30 bits per heavy atom. The molecule has 0 aliphatic rings. The summed E-state index contributed by atoms with van der Waals surface area (Å²) in [4.78, 5) is 16.6. The Kier molecular flexibility index (Phi) is 4.71. The minimum atomic E-state index is -0.281. The molecule has 5 nitrogen and oxygen atoms in total. The van der Waals surface area contributed by atoms with Gasteiger partial charge in [-0.15, -0.1) is 11.3 Å². The summed E-state index contributed by atoms with van der Waals surface area (Å²) in [6.07, 6.45) is 2.68. The molecule has 0 unspecified atom stereocenters. The van der Waals surface area contributed by atoms with Gasteiger partial charge in [0.15, 0.2) is 0 Å². The number of nitrogens with zero attached hydrogens (tertiary/aromatic N) is 1. The van der Waals surface area contributed by atoms with E-state index in [4.69, 9.17) is 5.73 Å². The number of aromatic hydroxyl groups is 1. The number of hydrogen-bond donors (Lipinski definition) is 3. The zero-order chi connectivity index (χ0) is 14.4. The lowest BCUT2D eigenvalue weighted by Gasteiger charge is -2.03. The average molecular weight is 287 g/mol. The molecule has 6 heteroatoms. The van der Waals surface area contributed by atoms with E-state index >= 15 is 0 Å². The molecule has 20 heavy (non-hydrogen) atoms. The zero-order valence-corrected chi connectivity index (χ0v) is 11.4. The summed E-state index contributed by atoms with van der Waals surface area (Å²) in [7, 11) is 0. The molecule has 0 aromatic carbocycles. The van der Waals surface area contributed by atoms with Gasteiger partial charge in [0.25, 0.3) is 5.91 Å². The molecular formula is C14H13N3O2S. The lowest BCUT2D eigenvalue weighted by atomic mass is 10.2. The summed E-state index contributed by atoms with van der Waals surface area (Å²) >= 11 is 1.52. The molecule has 2 aromatic heterocycles. The molecular weight excluding hydrogens is 274 g/mol. The number of rotatable bonds is 3. The van der Waals surface area contributed by atoms with Crippen LogP contribution in [0.25, 0.3) is 0 Å². The molecule has 0 fully saturated rings. The number of carbonyl (C=O) groups is 1. The highest BCUT2D eigenvalue weighted by molar-refractivity contribution is 7.10. The van der Waals surface area contributed by atoms with Crippen LogP contribution in [0.2, 0.25) is 0 Å². The number of hydrogen-bond acceptors (Lipinski definition) is 5. The molecule has 2 heterocycles. The van der Waals surface area contributed by atoms with Crippen LogP contribution in [0.4, 0.5) is 0 Å². The molecule has 0 aliphatic carbocycles. The highest BCUT2D eigenvalue weighted by Gasteiger charge is 2.07. The molecule has 0 bridgehead atoms. The van der Waals surface area contributed by atoms with Crippen LogP contribution in [0.15, 0.2) is 29.9 Å². The van der Waals surface area contributed by atoms with Gasteiger partial charge in [-0.25, -0.2) is 0 Å². The molecule has 4 N–H and O–H groups in total. The van der Waals surface area contributed by atoms with E-state index in [9.17, 15) is 9.90 Å². The van der Waals surface area contributed by atoms with E-state index in [0.29, 0.717) is 18.7 Å². The topological polar surface area (TPSA) is 88.2 Å². The van der Waals surface area contributed by atoms with Gasteiger partial charge in [-0.05, 0) is 12.1 Å². The number of carbonyl (C=O) groups excluding carboxylic acids is 1. The van der Waals surface area contributed by atoms with E-state index in [1.165, 1.54) is 29.8 Å². The first kappa shape index (κ1) is 14.1. The number of nitrogens with two attached hydrogens (primary N) is 1. The quantitative estimate of drug-likeness (QED) is 0.737. The molecule has 2 rings (SSSR count). The second-order valence-corrected chi connectivity index (χ2v) is 4.92. The predicted molar refractivity (Wildman–Crippen MR) is 77.3 cm³/mol. The molecule has 0 saturated carbocycles. The van der Waals surface area contributed by atoms with Crippen molar-refractivity contribution in [1.82, 2.24) is 10.3 Å². The van der Waals surface area contributed by atoms with Crippen molar-refractivity contribution >= 4 is 17.2 Å². The molecule has 0 spiro atoms. The normalized spacial score (nSPS) is 9.65. The molecule has 0 saturated heterocycles. The van der Waals surface area contributed by atoms with Crippen LogP contribution in [0, 0.1) is 11.8 Å². The number of thiophene rings is 1. The Labute approximate surface area is 120 Å². The maximum Gasteiger partial charge on any atom is 0.253 e. The van der Waals surface area contributed by atoms with Crippen LogP contribution in [-0.2, 0) is 6.54 Å². The summed E-state index contributed by atoms with van der Waals surface area (Å²) in [5, 5.41) is 13.9. The lowest BCUT2D eigenvalue weighted by molar-refractivity contribution is 0.0950. The van der Waals surface area contributed by atoms with Gasteiger partial charge in [0.2, 0.25) is 0 Å². The van der Waals surface area contributed by atoms with E-state index in [-0.39, 0.29) is 11.7 Å². The van der Waals surface area contributed by atoms with Crippen molar-refractivity contribution in [3.63, 3.8) is 0 Å². The zero-order valence-electron chi connectivity index (χ0n) is 10.6. The van der Waals surface area contributed by atoms with E-state index < -0.39 is 0 Å². The van der Waals surface area contributed by atoms with Crippen molar-refractivity contribution in [3.8, 4) is 17.6 Å². The summed E-state index contributed by atoms with van der Waals surface area (Å²) in [5.41, 5.74) is 6.52. The van der Waals surface area contributed by atoms with Gasteiger partial charge < -0.3 is 16.2 Å². The van der Waals surface area contributed by atoms with Crippen molar-refractivity contribution < 1.29 is 9.90 Å². The SMILES string of the molecule is NCC#Cc1csc(CNC(=O)c2cncc(O)c2)c1. The van der Waals surface area contributed by atoms with E-state index in [1.807, 2.05) is 11.4 Å². The Morgan fingerprint density at radius 3 is 3.05 bits per heavy atom. The van der Waals surface area contributed by atoms with Crippen molar-refractivity contribution in [1.29, 1.82) is 0 Å². The lowest BCUT2D eigenvalue weighted by Crippen LogP contribution is -2.22. The second kappa shape index (κ2) is 6.70. The van der Waals surface area contributed by atoms with Gasteiger partial charge in [0, 0.05) is 22.0 Å². The highest BCUT2D eigenvalue weighted by atomic mass is 32.1. The number of aromatic nitrogens is 1. The average Bonchev–Trinajstić information content (AvgIpc) is 2.90. The first-order valence-electron chi connectivity index (χ1n) is 5.87. The third kappa shape index (κ3) is 3.82. The molecule has 0 atom stereocenters. The maximum atomic E-state index is 11.8. The Morgan fingerprint density at radius 1 is 1.45 bits per heavy atom. The van der Waals surface area contributed by atoms with Gasteiger partial charge in [-0.3, -0.25) is 9.78 Å². The van der Waals surface area contributed by atoms with Crippen molar-refractivity contribution in [3.05, 3.63) is 45.9 Å². The third-order valence-electron chi connectivity index (χ3n) is 2.40. The summed E-state index contributed by atoms with van der Waals surface area (Å²) in [6, 6.07) is 3.28. The maximum absolute atomic E-state index is 11.8. The van der Waals surface area contributed by atoms with Gasteiger partial charge in [0.05, 0.1) is 24.8 Å². The smallest absolute Gasteiger partial charge is 0.253 e. The van der Waals surface area contributed by atoms with E-state index in [2.05, 4.69) is 22.1 Å². The van der Waals surface area contributed by atoms with Crippen molar-refractivity contribution in [2.24, 2.45) is 5.73 Å².